The Morgan fingerprint density at radius 2 is 0.982 bits per heavy atom. The molecule has 56 heavy (non-hydrogen) atoms. The third kappa shape index (κ3) is 10.6. The predicted octanol–water partition coefficient (Wildman–Crippen LogP) is 6.16. The molecule has 0 unspecified atom stereocenters. The molecule has 11 rings (SSSR count). The number of aryl methyl sites for hydroxylation is 4. The molecule has 10 heteroatoms. The van der Waals surface area contributed by atoms with Gasteiger partial charge in [0.2, 0.25) is 0 Å². The lowest BCUT2D eigenvalue weighted by Gasteiger charge is -2.27. The number of rotatable bonds is 12. The number of ether oxygens (including phenoxy) is 7. The molecule has 298 valence electrons. The van der Waals surface area contributed by atoms with Crippen molar-refractivity contribution in [3.63, 3.8) is 0 Å². The van der Waals surface area contributed by atoms with E-state index in [-0.39, 0.29) is 0 Å². The Morgan fingerprint density at radius 1 is 0.464 bits per heavy atom. The van der Waals surface area contributed by atoms with E-state index in [0.29, 0.717) is 19.8 Å². The average Bonchev–Trinajstić information content (AvgIpc) is 3.24. The van der Waals surface area contributed by atoms with Gasteiger partial charge in [-0.1, -0.05) is 42.5 Å². The van der Waals surface area contributed by atoms with Crippen LogP contribution in [0.1, 0.15) is 22.3 Å². The van der Waals surface area contributed by atoms with E-state index in [9.17, 15) is 0 Å². The monoisotopic (exact) mass is 763 g/mol. The first kappa shape index (κ1) is 38.7. The maximum atomic E-state index is 6.78. The molecule has 4 aromatic carbocycles. The van der Waals surface area contributed by atoms with Crippen molar-refractivity contribution in [3.8, 4) is 39.9 Å². The summed E-state index contributed by atoms with van der Waals surface area (Å²) < 4.78 is 43.1. The van der Waals surface area contributed by atoms with Crippen LogP contribution in [0.4, 0.5) is 0 Å². The molecule has 7 aliphatic rings. The van der Waals surface area contributed by atoms with Crippen LogP contribution in [0.3, 0.4) is 0 Å². The Hall–Kier alpha value is -4.16. The molecule has 0 atom stereocenters. The van der Waals surface area contributed by atoms with Crippen molar-refractivity contribution in [2.24, 2.45) is 0 Å². The van der Waals surface area contributed by atoms with Crippen LogP contribution in [0.25, 0.3) is 11.1 Å². The van der Waals surface area contributed by atoms with Crippen molar-refractivity contribution < 1.29 is 33.2 Å². The Morgan fingerprint density at radius 3 is 1.61 bits per heavy atom. The summed E-state index contributed by atoms with van der Waals surface area (Å²) >= 11 is 0. The molecular weight excluding hydrogens is 707 g/mol. The topological polar surface area (TPSA) is 74.3 Å². The van der Waals surface area contributed by atoms with E-state index >= 15 is 0 Å². The van der Waals surface area contributed by atoms with E-state index in [1.54, 1.807) is 0 Å². The van der Waals surface area contributed by atoms with E-state index in [1.807, 2.05) is 0 Å². The van der Waals surface area contributed by atoms with E-state index in [1.165, 1.54) is 22.3 Å². The summed E-state index contributed by atoms with van der Waals surface area (Å²) in [5.74, 6) is 4.12. The minimum Gasteiger partial charge on any atom is -0.492 e. The van der Waals surface area contributed by atoms with Gasteiger partial charge in [-0.2, -0.15) is 0 Å². The second-order valence-electron chi connectivity index (χ2n) is 15.1. The molecule has 7 heterocycles. The van der Waals surface area contributed by atoms with Gasteiger partial charge in [-0.25, -0.2) is 0 Å². The first-order chi connectivity index (χ1) is 27.7. The summed E-state index contributed by atoms with van der Waals surface area (Å²) in [6.07, 6.45) is 3.44. The van der Waals surface area contributed by atoms with Crippen LogP contribution in [0.5, 0.6) is 28.7 Å². The Bertz CT molecular complexity index is 1840. The molecule has 0 amide bonds. The van der Waals surface area contributed by atoms with Crippen LogP contribution in [-0.2, 0) is 39.9 Å². The Labute approximate surface area is 332 Å². The summed E-state index contributed by atoms with van der Waals surface area (Å²) in [6.45, 7) is 14.7. The maximum absolute atomic E-state index is 6.78. The van der Waals surface area contributed by atoms with Crippen molar-refractivity contribution in [2.45, 2.75) is 25.7 Å². The second kappa shape index (κ2) is 19.8. The molecule has 0 aromatic heterocycles. The van der Waals surface area contributed by atoms with Crippen LogP contribution in [0.2, 0.25) is 0 Å². The summed E-state index contributed by atoms with van der Waals surface area (Å²) in [7, 11) is 0. The summed E-state index contributed by atoms with van der Waals surface area (Å²) in [5.41, 5.74) is 7.12. The molecule has 0 saturated carbocycles. The number of hydrogen-bond acceptors (Lipinski definition) is 10. The first-order valence-electron chi connectivity index (χ1n) is 20.7. The summed E-state index contributed by atoms with van der Waals surface area (Å²) in [5, 5.41) is 0. The Kier molecular flexibility index (Phi) is 13.7. The van der Waals surface area contributed by atoms with Crippen molar-refractivity contribution >= 4 is 0 Å². The van der Waals surface area contributed by atoms with E-state index in [2.05, 4.69) is 93.6 Å². The quantitative estimate of drug-likeness (QED) is 0.168. The number of morpholine rings is 3. The number of hydrogen-bond donors (Lipinski definition) is 0. The van der Waals surface area contributed by atoms with E-state index < -0.39 is 0 Å². The highest BCUT2D eigenvalue weighted by molar-refractivity contribution is 5.79. The largest absolute Gasteiger partial charge is 0.492 e. The van der Waals surface area contributed by atoms with Crippen molar-refractivity contribution in [1.29, 1.82) is 0 Å². The molecule has 6 bridgehead atoms. The van der Waals surface area contributed by atoms with Gasteiger partial charge in [0, 0.05) is 70.0 Å². The lowest BCUT2D eigenvalue weighted by atomic mass is 9.92. The summed E-state index contributed by atoms with van der Waals surface area (Å²) in [4.78, 5) is 7.23. The lowest BCUT2D eigenvalue weighted by Crippen LogP contribution is -2.38. The highest BCUT2D eigenvalue weighted by Crippen LogP contribution is 2.41. The van der Waals surface area contributed by atoms with Gasteiger partial charge >= 0.3 is 0 Å². The molecular formula is C46H57N3O7. The zero-order valence-corrected chi connectivity index (χ0v) is 32.8. The van der Waals surface area contributed by atoms with Gasteiger partial charge in [0.25, 0.3) is 0 Å². The number of nitrogens with zero attached hydrogens (tertiary/aromatic N) is 3. The standard InChI is InChI=1S/C46H57N3O7/c1-2-39-11-6-36-7-12-40(13-8-36)56-45-35-38(10-15-42(45)53-31-22-47-16-25-50-26-17-47)5-4-37-9-14-41(44(34-37)55-33-24-49-20-29-52-30-21-49)46(39)43(3-1)54-32-23-48-18-27-51-28-19-48/h1-3,7-10,12-15,34-35H,4-6,11,16-33H2. The van der Waals surface area contributed by atoms with Gasteiger partial charge in [0.05, 0.1) is 39.6 Å². The zero-order valence-electron chi connectivity index (χ0n) is 32.8. The van der Waals surface area contributed by atoms with Gasteiger partial charge < -0.3 is 33.2 Å². The molecule has 4 aromatic rings. The van der Waals surface area contributed by atoms with Crippen LogP contribution in [0, 0.1) is 0 Å². The van der Waals surface area contributed by atoms with Gasteiger partial charge in [-0.3, -0.25) is 14.7 Å². The minimum atomic E-state index is 0.595. The molecule has 0 N–H and O–H groups in total. The van der Waals surface area contributed by atoms with Gasteiger partial charge in [-0.15, -0.1) is 0 Å². The molecule has 3 saturated heterocycles. The smallest absolute Gasteiger partial charge is 0.169 e. The predicted molar refractivity (Wildman–Crippen MR) is 218 cm³/mol. The second-order valence-corrected chi connectivity index (χ2v) is 15.1. The van der Waals surface area contributed by atoms with Crippen LogP contribution < -0.4 is 18.9 Å². The highest BCUT2D eigenvalue weighted by Gasteiger charge is 2.20. The van der Waals surface area contributed by atoms with Gasteiger partial charge in [-0.05, 0) is 84.3 Å². The SMILES string of the molecule is c1cc2c(c(OCCN3CCOCC3)c1)-c1ccc(cc1OCCN1CCOCC1)CCc1ccc(OCCN3CCOCC3)c(c1)Oc1ccc(cc1)CC2. The van der Waals surface area contributed by atoms with Crippen LogP contribution in [0.15, 0.2) is 78.9 Å². The molecule has 0 radical (unpaired) electrons. The molecule has 0 aliphatic carbocycles. The maximum Gasteiger partial charge on any atom is 0.169 e. The van der Waals surface area contributed by atoms with Crippen LogP contribution in [-0.4, -0.2) is 133 Å². The molecule has 3 fully saturated rings. The fraction of sp³-hybridized carbons (Fsp3) is 0.478. The third-order valence-corrected chi connectivity index (χ3v) is 11.3. The molecule has 0 spiro atoms. The van der Waals surface area contributed by atoms with Crippen LogP contribution >= 0.6 is 0 Å². The van der Waals surface area contributed by atoms with E-state index in [0.717, 1.165) is 164 Å². The fourth-order valence-electron chi connectivity index (χ4n) is 7.91. The highest BCUT2D eigenvalue weighted by atomic mass is 16.5. The molecule has 10 nitrogen and oxygen atoms in total. The first-order valence-corrected chi connectivity index (χ1v) is 20.7. The lowest BCUT2D eigenvalue weighted by molar-refractivity contribution is 0.0321. The average molecular weight is 764 g/mol. The van der Waals surface area contributed by atoms with E-state index in [4.69, 9.17) is 33.2 Å². The minimum absolute atomic E-state index is 0.595. The fourth-order valence-corrected chi connectivity index (χ4v) is 7.91. The number of benzene rings is 4. The van der Waals surface area contributed by atoms with Gasteiger partial charge in [0.15, 0.2) is 11.5 Å². The zero-order chi connectivity index (χ0) is 37.8. The third-order valence-electron chi connectivity index (χ3n) is 11.3. The molecule has 7 aliphatic heterocycles. The van der Waals surface area contributed by atoms with Crippen molar-refractivity contribution in [3.05, 3.63) is 101 Å². The van der Waals surface area contributed by atoms with Crippen molar-refractivity contribution in [1.82, 2.24) is 14.7 Å². The normalized spacial score (nSPS) is 18.4. The summed E-state index contributed by atoms with van der Waals surface area (Å²) in [6, 6.07) is 28.2. The Balaban J connectivity index is 1.08. The van der Waals surface area contributed by atoms with Crippen molar-refractivity contribution in [2.75, 3.05) is 118 Å². The van der Waals surface area contributed by atoms with Gasteiger partial charge in [0.1, 0.15) is 37.1 Å².